The minimum absolute atomic E-state index is 0.0437. The average Bonchev–Trinajstić information content (AvgIpc) is 2.85. The Kier molecular flexibility index (Phi) is 4.95. The Labute approximate surface area is 128 Å². The lowest BCUT2D eigenvalue weighted by atomic mass is 10.1. The van der Waals surface area contributed by atoms with Gasteiger partial charge in [-0.2, -0.15) is 0 Å². The van der Waals surface area contributed by atoms with Gasteiger partial charge in [-0.15, -0.1) is 0 Å². The molecule has 0 radical (unpaired) electrons. The van der Waals surface area contributed by atoms with Gasteiger partial charge in [-0.1, -0.05) is 0 Å². The van der Waals surface area contributed by atoms with Crippen LogP contribution in [0.4, 0.5) is 0 Å². The number of nitrogens with one attached hydrogen (secondary N) is 1. The Morgan fingerprint density at radius 1 is 1.52 bits per heavy atom. The second kappa shape index (κ2) is 6.37. The highest BCUT2D eigenvalue weighted by atomic mass is 35.7. The Morgan fingerprint density at radius 3 is 2.76 bits per heavy atom. The summed E-state index contributed by atoms with van der Waals surface area (Å²) in [5.41, 5.74) is 0.287. The summed E-state index contributed by atoms with van der Waals surface area (Å²) in [6.07, 6.45) is 3.14. The summed E-state index contributed by atoms with van der Waals surface area (Å²) in [7, 11) is 1.49. The molecule has 1 fully saturated rings. The summed E-state index contributed by atoms with van der Waals surface area (Å²) in [6.45, 7) is 4.93. The number of amides is 1. The fraction of sp³-hybridized carbons (Fsp3) is 0.615. The lowest BCUT2D eigenvalue weighted by molar-refractivity contribution is 0.0619. The number of halogens is 1. The third-order valence-corrected chi connectivity index (χ3v) is 4.71. The molecule has 1 unspecified atom stereocenters. The van der Waals surface area contributed by atoms with Crippen LogP contribution in [-0.4, -0.2) is 38.1 Å². The van der Waals surface area contributed by atoms with Crippen molar-refractivity contribution in [1.82, 2.24) is 9.88 Å². The number of carbonyl (C=O) groups is 1. The lowest BCUT2D eigenvalue weighted by Crippen LogP contribution is -2.41. The highest BCUT2D eigenvalue weighted by Crippen LogP contribution is 2.22. The summed E-state index contributed by atoms with van der Waals surface area (Å²) in [5.74, 6) is -0.314. The number of nitrogens with zero attached hydrogens (tertiary/aromatic N) is 1. The number of aromatic nitrogens is 1. The third-order valence-electron chi connectivity index (χ3n) is 3.39. The van der Waals surface area contributed by atoms with Crippen LogP contribution in [-0.2, 0) is 13.8 Å². The van der Waals surface area contributed by atoms with Gasteiger partial charge in [0, 0.05) is 29.5 Å². The highest BCUT2D eigenvalue weighted by molar-refractivity contribution is 8.13. The zero-order chi connectivity index (χ0) is 15.6. The fourth-order valence-corrected chi connectivity index (χ4v) is 3.06. The van der Waals surface area contributed by atoms with Gasteiger partial charge >= 0.3 is 0 Å². The molecule has 0 saturated carbocycles. The van der Waals surface area contributed by atoms with Crippen molar-refractivity contribution in [3.8, 4) is 0 Å². The molecule has 1 aromatic heterocycles. The van der Waals surface area contributed by atoms with Crippen molar-refractivity contribution in [3.63, 3.8) is 0 Å². The molecular weight excluding hydrogens is 316 g/mol. The maximum Gasteiger partial charge on any atom is 0.268 e. The van der Waals surface area contributed by atoms with Gasteiger partial charge in [0.2, 0.25) is 0 Å². The second-order valence-electron chi connectivity index (χ2n) is 5.39. The van der Waals surface area contributed by atoms with Crippen LogP contribution in [0.15, 0.2) is 17.2 Å². The lowest BCUT2D eigenvalue weighted by Gasteiger charge is -2.23. The van der Waals surface area contributed by atoms with Gasteiger partial charge in [0.1, 0.15) is 10.6 Å². The van der Waals surface area contributed by atoms with Crippen LogP contribution in [0.2, 0.25) is 0 Å². The van der Waals surface area contributed by atoms with Gasteiger partial charge in [-0.25, -0.2) is 8.42 Å². The molecule has 1 N–H and O–H groups in total. The van der Waals surface area contributed by atoms with E-state index >= 15 is 0 Å². The predicted octanol–water partition coefficient (Wildman–Crippen LogP) is 1.91. The maximum absolute atomic E-state index is 12.4. The first kappa shape index (κ1) is 16.3. The van der Waals surface area contributed by atoms with Crippen LogP contribution in [0.3, 0.4) is 0 Å². The molecule has 1 atom stereocenters. The topological polar surface area (TPSA) is 77.4 Å². The Hall–Kier alpha value is -1.05. The van der Waals surface area contributed by atoms with E-state index in [1.807, 2.05) is 13.8 Å². The summed E-state index contributed by atoms with van der Waals surface area (Å²) < 4.78 is 29.8. The first-order chi connectivity index (χ1) is 9.79. The largest absolute Gasteiger partial charge is 0.379 e. The Balaban J connectivity index is 2.24. The van der Waals surface area contributed by atoms with Crippen molar-refractivity contribution in [2.45, 2.75) is 43.7 Å². The van der Waals surface area contributed by atoms with Gasteiger partial charge in [0.15, 0.2) is 0 Å². The second-order valence-corrected chi connectivity index (χ2v) is 7.95. The number of hydrogen-bond donors (Lipinski definition) is 1. The minimum atomic E-state index is -3.86. The Morgan fingerprint density at radius 2 is 2.24 bits per heavy atom. The van der Waals surface area contributed by atoms with E-state index < -0.39 is 9.05 Å². The molecule has 1 amide bonds. The average molecular weight is 335 g/mol. The van der Waals surface area contributed by atoms with E-state index in [2.05, 4.69) is 5.32 Å². The molecule has 1 aliphatic heterocycles. The first-order valence-corrected chi connectivity index (χ1v) is 9.15. The molecule has 8 heteroatoms. The van der Waals surface area contributed by atoms with E-state index in [9.17, 15) is 13.2 Å². The van der Waals surface area contributed by atoms with Gasteiger partial charge in [0.05, 0.1) is 12.6 Å². The van der Waals surface area contributed by atoms with Crippen LogP contribution < -0.4 is 5.32 Å². The normalized spacial score (nSPS) is 19.7. The molecule has 1 aliphatic rings. The zero-order valence-electron chi connectivity index (χ0n) is 12.0. The van der Waals surface area contributed by atoms with Gasteiger partial charge in [-0.05, 0) is 32.8 Å². The monoisotopic (exact) mass is 334 g/mol. The molecule has 6 nitrogen and oxygen atoms in total. The van der Waals surface area contributed by atoms with Gasteiger partial charge in [-0.3, -0.25) is 4.79 Å². The van der Waals surface area contributed by atoms with Crippen LogP contribution in [0.1, 0.15) is 43.2 Å². The molecule has 0 spiro atoms. The molecule has 2 heterocycles. The van der Waals surface area contributed by atoms with E-state index in [4.69, 9.17) is 15.4 Å². The van der Waals surface area contributed by atoms with Crippen LogP contribution in [0.25, 0.3) is 0 Å². The first-order valence-electron chi connectivity index (χ1n) is 6.84. The SMILES string of the molecule is CC(C)n1cc(S(=O)(=O)Cl)cc1C(=O)NC1CCCOC1. The van der Waals surface area contributed by atoms with Crippen molar-refractivity contribution < 1.29 is 17.9 Å². The smallest absolute Gasteiger partial charge is 0.268 e. The number of rotatable bonds is 4. The number of hydrogen-bond acceptors (Lipinski definition) is 4. The zero-order valence-corrected chi connectivity index (χ0v) is 13.6. The maximum atomic E-state index is 12.4. The number of ether oxygens (including phenoxy) is 1. The third kappa shape index (κ3) is 3.99. The van der Waals surface area contributed by atoms with E-state index in [0.717, 1.165) is 12.8 Å². The van der Waals surface area contributed by atoms with Crippen molar-refractivity contribution in [2.75, 3.05) is 13.2 Å². The van der Waals surface area contributed by atoms with E-state index in [1.54, 1.807) is 4.57 Å². The summed E-state index contributed by atoms with van der Waals surface area (Å²) in [5, 5.41) is 2.87. The molecule has 118 valence electrons. The van der Waals surface area contributed by atoms with Crippen molar-refractivity contribution in [1.29, 1.82) is 0 Å². The molecule has 2 rings (SSSR count). The highest BCUT2D eigenvalue weighted by Gasteiger charge is 2.23. The van der Waals surface area contributed by atoms with E-state index in [-0.39, 0.29) is 28.6 Å². The van der Waals surface area contributed by atoms with Gasteiger partial charge < -0.3 is 14.6 Å². The molecule has 1 saturated heterocycles. The molecule has 0 bridgehead atoms. The molecule has 0 aromatic carbocycles. The Bertz CT molecular complexity index is 618. The molecular formula is C13H19ClN2O4S. The molecule has 21 heavy (non-hydrogen) atoms. The van der Waals surface area contributed by atoms with Crippen molar-refractivity contribution in [2.24, 2.45) is 0 Å². The van der Waals surface area contributed by atoms with E-state index in [0.29, 0.717) is 13.2 Å². The fourth-order valence-electron chi connectivity index (χ4n) is 2.31. The van der Waals surface area contributed by atoms with Crippen LogP contribution in [0, 0.1) is 0 Å². The summed E-state index contributed by atoms with van der Waals surface area (Å²) in [6, 6.07) is 1.21. The van der Waals surface area contributed by atoms with Gasteiger partial charge in [0.25, 0.3) is 15.0 Å². The molecule has 0 aliphatic carbocycles. The molecule has 1 aromatic rings. The van der Waals surface area contributed by atoms with Crippen molar-refractivity contribution in [3.05, 3.63) is 18.0 Å². The van der Waals surface area contributed by atoms with Crippen molar-refractivity contribution >= 4 is 25.6 Å². The quantitative estimate of drug-likeness (QED) is 0.853. The summed E-state index contributed by atoms with van der Waals surface area (Å²) >= 11 is 0. The van der Waals surface area contributed by atoms with Crippen LogP contribution >= 0.6 is 10.7 Å². The predicted molar refractivity (Wildman–Crippen MR) is 79.2 cm³/mol. The minimum Gasteiger partial charge on any atom is -0.379 e. The van der Waals surface area contributed by atoms with Crippen LogP contribution in [0.5, 0.6) is 0 Å². The summed E-state index contributed by atoms with van der Waals surface area (Å²) in [4.78, 5) is 12.3. The number of carbonyl (C=O) groups excluding carboxylic acids is 1. The standard InChI is InChI=1S/C13H19ClN2O4S/c1-9(2)16-7-11(21(14,18)19)6-12(16)13(17)15-10-4-3-5-20-8-10/h6-7,9-10H,3-5,8H2,1-2H3,(H,15,17). The van der Waals surface area contributed by atoms with E-state index in [1.165, 1.54) is 12.3 Å².